The van der Waals surface area contributed by atoms with Crippen molar-refractivity contribution in [2.45, 2.75) is 43.7 Å². The second kappa shape index (κ2) is 6.96. The zero-order valence-electron chi connectivity index (χ0n) is 14.8. The van der Waals surface area contributed by atoms with Gasteiger partial charge in [-0.3, -0.25) is 4.79 Å². The van der Waals surface area contributed by atoms with Crippen LogP contribution in [0.1, 0.15) is 24.8 Å². The van der Waals surface area contributed by atoms with Gasteiger partial charge < -0.3 is 15.5 Å². The first-order valence-electron chi connectivity index (χ1n) is 9.41. The largest absolute Gasteiger partial charge is 0.416 e. The molecule has 0 aromatic heterocycles. The Morgan fingerprint density at radius 3 is 2.52 bits per heavy atom. The molecule has 3 fully saturated rings. The average molecular weight is 385 g/mol. The van der Waals surface area contributed by atoms with Crippen molar-refractivity contribution in [3.05, 3.63) is 29.8 Å². The van der Waals surface area contributed by atoms with E-state index in [0.29, 0.717) is 12.5 Å². The summed E-state index contributed by atoms with van der Waals surface area (Å²) in [6.07, 6.45) is -3.21. The summed E-state index contributed by atoms with van der Waals surface area (Å²) >= 11 is 0. The van der Waals surface area contributed by atoms with E-state index in [1.54, 1.807) is 0 Å². The minimum absolute atomic E-state index is 0.0439. The second-order valence-electron chi connectivity index (χ2n) is 7.86. The van der Waals surface area contributed by atoms with Gasteiger partial charge in [-0.05, 0) is 43.0 Å². The molecule has 0 bridgehead atoms. The van der Waals surface area contributed by atoms with Crippen molar-refractivity contribution in [3.8, 4) is 0 Å². The molecule has 5 atom stereocenters. The monoisotopic (exact) mass is 385 g/mol. The van der Waals surface area contributed by atoms with E-state index >= 15 is 0 Å². The maximum absolute atomic E-state index is 13.3. The van der Waals surface area contributed by atoms with E-state index in [1.165, 1.54) is 12.1 Å². The summed E-state index contributed by atoms with van der Waals surface area (Å²) in [5, 5.41) is 5.97. The third-order valence-corrected chi connectivity index (χ3v) is 6.14. The van der Waals surface area contributed by atoms with Crippen molar-refractivity contribution in [2.75, 3.05) is 24.5 Å². The first-order valence-corrected chi connectivity index (χ1v) is 9.41. The molecule has 4 nitrogen and oxygen atoms in total. The average Bonchev–Trinajstić information content (AvgIpc) is 3.31. The molecule has 1 aromatic carbocycles. The number of amides is 1. The van der Waals surface area contributed by atoms with Crippen molar-refractivity contribution >= 4 is 11.6 Å². The minimum Gasteiger partial charge on any atom is -0.371 e. The van der Waals surface area contributed by atoms with E-state index < -0.39 is 24.0 Å². The number of carbonyl (C=O) groups excluding carboxylic acids is 1. The van der Waals surface area contributed by atoms with E-state index in [0.717, 1.165) is 37.2 Å². The standard InChI is InChI=1S/C19H23F4N3O/c20-13-7-17(24-8-13)18(27)25-16-6-1-11-9-26(10-15(11)16)14-4-2-12(3-5-14)19(21,22)23/h2-5,11,13,15-17,24H,1,6-10H2,(H,25,27)/t11-,13+,15+,16+,17+/m1/s1. The molecule has 2 aliphatic heterocycles. The van der Waals surface area contributed by atoms with E-state index in [2.05, 4.69) is 15.5 Å². The summed E-state index contributed by atoms with van der Waals surface area (Å²) in [6, 6.07) is 4.83. The molecule has 2 N–H and O–H groups in total. The smallest absolute Gasteiger partial charge is 0.371 e. The predicted octanol–water partition coefficient (Wildman–Crippen LogP) is 2.74. The van der Waals surface area contributed by atoms with Crippen LogP contribution in [0.5, 0.6) is 0 Å². The fraction of sp³-hybridized carbons (Fsp3) is 0.632. The number of alkyl halides is 4. The lowest BCUT2D eigenvalue weighted by atomic mass is 9.97. The summed E-state index contributed by atoms with van der Waals surface area (Å²) in [7, 11) is 0. The summed E-state index contributed by atoms with van der Waals surface area (Å²) < 4.78 is 51.5. The van der Waals surface area contributed by atoms with Crippen LogP contribution in [0.25, 0.3) is 0 Å². The van der Waals surface area contributed by atoms with Gasteiger partial charge in [-0.15, -0.1) is 0 Å². The maximum atomic E-state index is 13.3. The second-order valence-corrected chi connectivity index (χ2v) is 7.86. The molecule has 2 saturated heterocycles. The lowest BCUT2D eigenvalue weighted by Gasteiger charge is -2.24. The van der Waals surface area contributed by atoms with Crippen LogP contribution in [0.4, 0.5) is 23.2 Å². The van der Waals surface area contributed by atoms with E-state index in [1.807, 2.05) is 0 Å². The van der Waals surface area contributed by atoms with Gasteiger partial charge >= 0.3 is 6.18 Å². The highest BCUT2D eigenvalue weighted by Gasteiger charge is 2.44. The number of benzene rings is 1. The molecule has 0 unspecified atom stereocenters. The van der Waals surface area contributed by atoms with Crippen LogP contribution in [0.3, 0.4) is 0 Å². The molecule has 1 amide bonds. The zero-order chi connectivity index (χ0) is 19.2. The Morgan fingerprint density at radius 1 is 1.15 bits per heavy atom. The van der Waals surface area contributed by atoms with Gasteiger partial charge in [-0.25, -0.2) is 4.39 Å². The predicted molar refractivity (Wildman–Crippen MR) is 93.1 cm³/mol. The van der Waals surface area contributed by atoms with Gasteiger partial charge in [0.15, 0.2) is 0 Å². The molecule has 1 aliphatic carbocycles. The molecule has 27 heavy (non-hydrogen) atoms. The quantitative estimate of drug-likeness (QED) is 0.787. The number of carbonyl (C=O) groups is 1. The Kier molecular flexibility index (Phi) is 4.78. The number of nitrogens with one attached hydrogen (secondary N) is 2. The van der Waals surface area contributed by atoms with Gasteiger partial charge in [0.2, 0.25) is 5.91 Å². The van der Waals surface area contributed by atoms with Crippen molar-refractivity contribution in [1.82, 2.24) is 10.6 Å². The topological polar surface area (TPSA) is 44.4 Å². The number of nitrogens with zero attached hydrogens (tertiary/aromatic N) is 1. The van der Waals surface area contributed by atoms with Crippen molar-refractivity contribution in [2.24, 2.45) is 11.8 Å². The third-order valence-electron chi connectivity index (χ3n) is 6.14. The molecule has 0 spiro atoms. The fourth-order valence-electron chi connectivity index (χ4n) is 4.69. The molecule has 8 heteroatoms. The first-order chi connectivity index (χ1) is 12.8. The highest BCUT2D eigenvalue weighted by molar-refractivity contribution is 5.82. The van der Waals surface area contributed by atoms with Crippen LogP contribution >= 0.6 is 0 Å². The number of halogens is 4. The normalized spacial score (nSPS) is 33.3. The van der Waals surface area contributed by atoms with Crippen LogP contribution < -0.4 is 15.5 Å². The first kappa shape index (κ1) is 18.5. The molecule has 1 aromatic rings. The number of hydrogen-bond donors (Lipinski definition) is 2. The molecular weight excluding hydrogens is 362 g/mol. The Bertz CT molecular complexity index is 693. The van der Waals surface area contributed by atoms with Gasteiger partial charge in [-0.2, -0.15) is 13.2 Å². The van der Waals surface area contributed by atoms with Crippen LogP contribution in [0.2, 0.25) is 0 Å². The highest BCUT2D eigenvalue weighted by atomic mass is 19.4. The highest BCUT2D eigenvalue weighted by Crippen LogP contribution is 2.40. The zero-order valence-corrected chi connectivity index (χ0v) is 14.8. The Balaban J connectivity index is 1.37. The summed E-state index contributed by atoms with van der Waals surface area (Å²) in [6.45, 7) is 1.72. The van der Waals surface area contributed by atoms with Crippen molar-refractivity contribution in [3.63, 3.8) is 0 Å². The minimum atomic E-state index is -4.33. The van der Waals surface area contributed by atoms with Crippen molar-refractivity contribution < 1.29 is 22.4 Å². The van der Waals surface area contributed by atoms with Crippen LogP contribution in [-0.4, -0.2) is 43.8 Å². The molecule has 4 rings (SSSR count). The number of anilines is 1. The Hall–Kier alpha value is -1.83. The summed E-state index contributed by atoms with van der Waals surface area (Å²) in [5.41, 5.74) is 0.131. The van der Waals surface area contributed by atoms with Gasteiger partial charge in [0, 0.05) is 43.7 Å². The summed E-state index contributed by atoms with van der Waals surface area (Å²) in [5.74, 6) is 0.552. The molecule has 0 radical (unpaired) electrons. The van der Waals surface area contributed by atoms with Gasteiger partial charge in [0.1, 0.15) is 6.17 Å². The molecule has 2 heterocycles. The van der Waals surface area contributed by atoms with E-state index in [9.17, 15) is 22.4 Å². The lowest BCUT2D eigenvalue weighted by Crippen LogP contribution is -2.47. The Morgan fingerprint density at radius 2 is 1.89 bits per heavy atom. The van der Waals surface area contributed by atoms with Crippen LogP contribution in [-0.2, 0) is 11.0 Å². The fourth-order valence-corrected chi connectivity index (χ4v) is 4.69. The summed E-state index contributed by atoms with van der Waals surface area (Å²) in [4.78, 5) is 14.5. The van der Waals surface area contributed by atoms with E-state index in [4.69, 9.17) is 0 Å². The van der Waals surface area contributed by atoms with Crippen LogP contribution in [0.15, 0.2) is 24.3 Å². The number of fused-ring (bicyclic) bond motifs is 1. The van der Waals surface area contributed by atoms with Crippen molar-refractivity contribution in [1.29, 1.82) is 0 Å². The Labute approximate surface area is 155 Å². The van der Waals surface area contributed by atoms with Gasteiger partial charge in [0.05, 0.1) is 11.6 Å². The van der Waals surface area contributed by atoms with E-state index in [-0.39, 0.29) is 30.8 Å². The maximum Gasteiger partial charge on any atom is 0.416 e. The van der Waals surface area contributed by atoms with Crippen LogP contribution in [0, 0.1) is 11.8 Å². The third kappa shape index (κ3) is 3.77. The SMILES string of the molecule is O=C(N[C@H]1CC[C@@H]2CN(c3ccc(C(F)(F)F)cc3)C[C@@H]21)[C@@H]1C[C@H](F)CN1. The molecule has 148 valence electrons. The van der Waals surface area contributed by atoms with Gasteiger partial charge in [-0.1, -0.05) is 0 Å². The lowest BCUT2D eigenvalue weighted by molar-refractivity contribution is -0.137. The number of rotatable bonds is 3. The number of hydrogen-bond acceptors (Lipinski definition) is 3. The molecular formula is C19H23F4N3O. The molecule has 3 aliphatic rings. The molecule has 1 saturated carbocycles. The van der Waals surface area contributed by atoms with Gasteiger partial charge in [0.25, 0.3) is 0 Å².